The molecule has 3 rings (SSSR count). The fraction of sp³-hybridized carbons (Fsp3) is 0.471. The Labute approximate surface area is 149 Å². The van der Waals surface area contributed by atoms with Gasteiger partial charge in [-0.25, -0.2) is 0 Å². The number of H-pyrrole nitrogens is 1. The third kappa shape index (κ3) is 3.62. The van der Waals surface area contributed by atoms with E-state index in [9.17, 15) is 36.2 Å². The number of anilines is 1. The molecule has 0 spiro atoms. The van der Waals surface area contributed by atoms with Gasteiger partial charge in [-0.05, 0) is 38.0 Å². The van der Waals surface area contributed by atoms with Gasteiger partial charge in [0.25, 0.3) is 0 Å². The summed E-state index contributed by atoms with van der Waals surface area (Å²) in [6.45, 7) is 1.64. The van der Waals surface area contributed by atoms with Crippen LogP contribution in [0.1, 0.15) is 25.3 Å². The average molecular weight is 394 g/mol. The fourth-order valence-corrected chi connectivity index (χ4v) is 3.63. The number of aliphatic hydroxyl groups is 1. The van der Waals surface area contributed by atoms with Gasteiger partial charge in [-0.2, -0.15) is 26.3 Å². The first-order chi connectivity index (χ1) is 12.4. The molecule has 148 valence electrons. The summed E-state index contributed by atoms with van der Waals surface area (Å²) in [5.41, 5.74) is -2.04. The Morgan fingerprint density at radius 3 is 2.41 bits per heavy atom. The standard InChI is InChI=1S/C17H16F6N2O2/c1-8-2-5-13(15(27)17(21,22)23)25(8)9-3-4-12-10(6-9)11(16(18,19)20)7-14(26)24-12/h3-4,6-8,13,15,27H,2,5H2,1H3,(H,24,26)/t8-,13+,15+/m0/s1. The van der Waals surface area contributed by atoms with Crippen molar-refractivity contribution in [1.82, 2.24) is 4.98 Å². The van der Waals surface area contributed by atoms with Crippen LogP contribution in [0, 0.1) is 0 Å². The smallest absolute Gasteiger partial charge is 0.382 e. The van der Waals surface area contributed by atoms with Gasteiger partial charge in [0.15, 0.2) is 6.10 Å². The molecule has 1 aromatic heterocycles. The van der Waals surface area contributed by atoms with Crippen LogP contribution in [-0.2, 0) is 6.18 Å². The number of aromatic amines is 1. The van der Waals surface area contributed by atoms with E-state index in [1.807, 2.05) is 0 Å². The molecule has 0 radical (unpaired) electrons. The van der Waals surface area contributed by atoms with Crippen LogP contribution in [0.4, 0.5) is 32.0 Å². The van der Waals surface area contributed by atoms with Crippen molar-refractivity contribution in [2.75, 3.05) is 4.90 Å². The molecule has 0 unspecified atom stereocenters. The van der Waals surface area contributed by atoms with E-state index in [0.29, 0.717) is 12.5 Å². The molecule has 0 amide bonds. The van der Waals surface area contributed by atoms with Gasteiger partial charge in [-0.15, -0.1) is 0 Å². The van der Waals surface area contributed by atoms with Crippen molar-refractivity contribution in [3.8, 4) is 0 Å². The van der Waals surface area contributed by atoms with E-state index >= 15 is 0 Å². The molecule has 1 aliphatic rings. The highest BCUT2D eigenvalue weighted by Crippen LogP contribution is 2.39. The van der Waals surface area contributed by atoms with Crippen LogP contribution < -0.4 is 10.5 Å². The van der Waals surface area contributed by atoms with Crippen LogP contribution in [0.15, 0.2) is 29.1 Å². The predicted octanol–water partition coefficient (Wildman–Crippen LogP) is 3.83. The van der Waals surface area contributed by atoms with E-state index in [4.69, 9.17) is 0 Å². The molecule has 1 fully saturated rings. The second-order valence-corrected chi connectivity index (χ2v) is 6.66. The number of fused-ring (bicyclic) bond motifs is 1. The Bertz CT molecular complexity index is 905. The van der Waals surface area contributed by atoms with Gasteiger partial charge in [-0.1, -0.05) is 0 Å². The van der Waals surface area contributed by atoms with Crippen LogP contribution >= 0.6 is 0 Å². The summed E-state index contributed by atoms with van der Waals surface area (Å²) >= 11 is 0. The van der Waals surface area contributed by atoms with Crippen LogP contribution in [0.2, 0.25) is 0 Å². The van der Waals surface area contributed by atoms with Crippen molar-refractivity contribution < 1.29 is 31.4 Å². The Kier molecular flexibility index (Phi) is 4.65. The molecule has 27 heavy (non-hydrogen) atoms. The van der Waals surface area contributed by atoms with Gasteiger partial charge in [0, 0.05) is 28.7 Å². The molecule has 0 saturated carbocycles. The molecule has 10 heteroatoms. The van der Waals surface area contributed by atoms with Crippen molar-refractivity contribution >= 4 is 16.6 Å². The van der Waals surface area contributed by atoms with Gasteiger partial charge in [0.1, 0.15) is 0 Å². The van der Waals surface area contributed by atoms with Crippen LogP contribution in [0.25, 0.3) is 10.9 Å². The summed E-state index contributed by atoms with van der Waals surface area (Å²) < 4.78 is 78.8. The SMILES string of the molecule is C[C@H]1CC[C@H]([C@@H](O)C(F)(F)F)N1c1ccc2[nH]c(=O)cc(C(F)(F)F)c2c1. The van der Waals surface area contributed by atoms with E-state index in [0.717, 1.165) is 6.07 Å². The fourth-order valence-electron chi connectivity index (χ4n) is 3.63. The zero-order valence-electron chi connectivity index (χ0n) is 14.0. The lowest BCUT2D eigenvalue weighted by Gasteiger charge is -2.34. The number of hydrogen-bond donors (Lipinski definition) is 2. The highest BCUT2D eigenvalue weighted by atomic mass is 19.4. The van der Waals surface area contributed by atoms with Crippen molar-refractivity contribution in [3.05, 3.63) is 40.2 Å². The van der Waals surface area contributed by atoms with Crippen LogP contribution in [-0.4, -0.2) is 34.5 Å². The molecule has 0 bridgehead atoms. The molecule has 1 saturated heterocycles. The maximum absolute atomic E-state index is 13.3. The third-order valence-corrected chi connectivity index (χ3v) is 4.84. The molecule has 3 atom stereocenters. The normalized spacial score (nSPS) is 22.4. The summed E-state index contributed by atoms with van der Waals surface area (Å²) in [7, 11) is 0. The second-order valence-electron chi connectivity index (χ2n) is 6.66. The molecule has 0 aliphatic carbocycles. The van der Waals surface area contributed by atoms with Crippen molar-refractivity contribution in [2.45, 2.75) is 50.3 Å². The number of halogens is 6. The van der Waals surface area contributed by atoms with E-state index in [2.05, 4.69) is 4.98 Å². The molecule has 1 aliphatic heterocycles. The molecule has 2 aromatic rings. The molecule has 2 N–H and O–H groups in total. The van der Waals surface area contributed by atoms with E-state index in [1.165, 1.54) is 17.0 Å². The Hall–Kier alpha value is -2.23. The Balaban J connectivity index is 2.13. The maximum atomic E-state index is 13.3. The highest BCUT2D eigenvalue weighted by molar-refractivity contribution is 5.86. The summed E-state index contributed by atoms with van der Waals surface area (Å²) in [6.07, 6.45) is -11.8. The average Bonchev–Trinajstić information content (AvgIpc) is 2.92. The monoisotopic (exact) mass is 394 g/mol. The molecular formula is C17H16F6N2O2. The number of rotatable bonds is 2. The van der Waals surface area contributed by atoms with Crippen LogP contribution in [0.3, 0.4) is 0 Å². The number of aliphatic hydroxyl groups excluding tert-OH is 1. The van der Waals surface area contributed by atoms with Crippen molar-refractivity contribution in [1.29, 1.82) is 0 Å². The number of nitrogens with one attached hydrogen (secondary N) is 1. The quantitative estimate of drug-likeness (QED) is 0.762. The molecule has 2 heterocycles. The lowest BCUT2D eigenvalue weighted by Crippen LogP contribution is -2.48. The van der Waals surface area contributed by atoms with Crippen molar-refractivity contribution in [3.63, 3.8) is 0 Å². The maximum Gasteiger partial charge on any atom is 0.417 e. The van der Waals surface area contributed by atoms with Gasteiger partial charge < -0.3 is 15.0 Å². The first-order valence-corrected chi connectivity index (χ1v) is 8.17. The number of hydrogen-bond acceptors (Lipinski definition) is 3. The summed E-state index contributed by atoms with van der Waals surface area (Å²) in [4.78, 5) is 15.1. The zero-order chi connectivity index (χ0) is 20.1. The second kappa shape index (κ2) is 6.43. The molecular weight excluding hydrogens is 378 g/mol. The topological polar surface area (TPSA) is 56.3 Å². The number of aromatic nitrogens is 1. The number of nitrogens with zero attached hydrogens (tertiary/aromatic N) is 1. The number of alkyl halides is 6. The minimum absolute atomic E-state index is 0.0532. The Morgan fingerprint density at radius 2 is 1.81 bits per heavy atom. The molecule has 1 aromatic carbocycles. The molecule has 4 nitrogen and oxygen atoms in total. The minimum atomic E-state index is -4.84. The predicted molar refractivity (Wildman–Crippen MR) is 86.6 cm³/mol. The highest BCUT2D eigenvalue weighted by Gasteiger charge is 2.48. The number of benzene rings is 1. The van der Waals surface area contributed by atoms with Gasteiger partial charge in [0.2, 0.25) is 5.56 Å². The van der Waals surface area contributed by atoms with E-state index in [1.54, 1.807) is 6.92 Å². The summed E-state index contributed by atoms with van der Waals surface area (Å²) in [5, 5.41) is 9.35. The zero-order valence-corrected chi connectivity index (χ0v) is 14.0. The lowest BCUT2D eigenvalue weighted by atomic mass is 10.0. The van der Waals surface area contributed by atoms with Crippen molar-refractivity contribution in [2.24, 2.45) is 0 Å². The Morgan fingerprint density at radius 1 is 1.15 bits per heavy atom. The summed E-state index contributed by atoms with van der Waals surface area (Å²) in [5.74, 6) is 0. The van der Waals surface area contributed by atoms with E-state index in [-0.39, 0.29) is 23.0 Å². The van der Waals surface area contributed by atoms with Gasteiger partial charge in [0.05, 0.1) is 11.6 Å². The van der Waals surface area contributed by atoms with Crippen LogP contribution in [0.5, 0.6) is 0 Å². The lowest BCUT2D eigenvalue weighted by molar-refractivity contribution is -0.209. The minimum Gasteiger partial charge on any atom is -0.382 e. The van der Waals surface area contributed by atoms with Gasteiger partial charge in [-0.3, -0.25) is 4.79 Å². The number of pyridine rings is 1. The van der Waals surface area contributed by atoms with E-state index < -0.39 is 41.7 Å². The first kappa shape index (κ1) is 19.5. The summed E-state index contributed by atoms with van der Waals surface area (Å²) in [6, 6.07) is 2.39. The largest absolute Gasteiger partial charge is 0.417 e. The third-order valence-electron chi connectivity index (χ3n) is 4.84. The van der Waals surface area contributed by atoms with Gasteiger partial charge >= 0.3 is 12.4 Å². The first-order valence-electron chi connectivity index (χ1n) is 8.17.